The van der Waals surface area contributed by atoms with Crippen LogP contribution in [0.3, 0.4) is 0 Å². The van der Waals surface area contributed by atoms with Crippen molar-refractivity contribution in [3.8, 4) is 0 Å². The van der Waals surface area contributed by atoms with Crippen LogP contribution in [0.1, 0.15) is 56.1 Å². The number of hydrogen-bond donors (Lipinski definition) is 1. The summed E-state index contributed by atoms with van der Waals surface area (Å²) in [6, 6.07) is 5.13. The highest BCUT2D eigenvalue weighted by Gasteiger charge is 2.38. The third-order valence-corrected chi connectivity index (χ3v) is 4.42. The SMILES string of the molecule is CCOC(=O)c1ccc2c(c1)[C@H](N)[C@@H](C)[C@H](CC)N2C(C)=O. The molecule has 5 nitrogen and oxygen atoms in total. The molecule has 0 saturated carbocycles. The number of amides is 1. The number of ether oxygens (including phenoxy) is 1. The first-order valence-corrected chi connectivity index (χ1v) is 7.78. The molecule has 1 aromatic carbocycles. The van der Waals surface area contributed by atoms with Crippen molar-refractivity contribution >= 4 is 17.6 Å². The van der Waals surface area contributed by atoms with Gasteiger partial charge < -0.3 is 15.4 Å². The van der Waals surface area contributed by atoms with Crippen LogP contribution in [-0.2, 0) is 9.53 Å². The van der Waals surface area contributed by atoms with Gasteiger partial charge in [-0.05, 0) is 43.0 Å². The second-order valence-electron chi connectivity index (χ2n) is 5.74. The first-order valence-electron chi connectivity index (χ1n) is 7.78. The van der Waals surface area contributed by atoms with Gasteiger partial charge in [0.1, 0.15) is 0 Å². The van der Waals surface area contributed by atoms with Gasteiger partial charge in [-0.3, -0.25) is 4.79 Å². The van der Waals surface area contributed by atoms with Crippen LogP contribution in [0.25, 0.3) is 0 Å². The molecule has 3 atom stereocenters. The zero-order valence-electron chi connectivity index (χ0n) is 13.6. The van der Waals surface area contributed by atoms with Crippen LogP contribution in [0.15, 0.2) is 18.2 Å². The molecule has 22 heavy (non-hydrogen) atoms. The Bertz CT molecular complexity index is 585. The van der Waals surface area contributed by atoms with Gasteiger partial charge in [-0.25, -0.2) is 4.79 Å². The van der Waals surface area contributed by atoms with Crippen molar-refractivity contribution in [3.63, 3.8) is 0 Å². The Morgan fingerprint density at radius 1 is 1.32 bits per heavy atom. The molecule has 0 radical (unpaired) electrons. The van der Waals surface area contributed by atoms with Gasteiger partial charge in [0.15, 0.2) is 0 Å². The summed E-state index contributed by atoms with van der Waals surface area (Å²) in [5.74, 6) is -0.244. The van der Waals surface area contributed by atoms with Gasteiger partial charge in [0.25, 0.3) is 0 Å². The van der Waals surface area contributed by atoms with E-state index in [4.69, 9.17) is 10.5 Å². The summed E-state index contributed by atoms with van der Waals surface area (Å²) >= 11 is 0. The van der Waals surface area contributed by atoms with E-state index in [0.29, 0.717) is 12.2 Å². The maximum absolute atomic E-state index is 12.1. The number of anilines is 1. The van der Waals surface area contributed by atoms with Gasteiger partial charge in [0.05, 0.1) is 12.2 Å². The Morgan fingerprint density at radius 2 is 2.00 bits per heavy atom. The van der Waals surface area contributed by atoms with Gasteiger partial charge in [0.2, 0.25) is 5.91 Å². The van der Waals surface area contributed by atoms with E-state index < -0.39 is 0 Å². The lowest BCUT2D eigenvalue weighted by molar-refractivity contribution is -0.117. The number of fused-ring (bicyclic) bond motifs is 1. The first kappa shape index (κ1) is 16.5. The van der Waals surface area contributed by atoms with Crippen LogP contribution < -0.4 is 10.6 Å². The van der Waals surface area contributed by atoms with Crippen LogP contribution in [0, 0.1) is 5.92 Å². The van der Waals surface area contributed by atoms with Crippen LogP contribution >= 0.6 is 0 Å². The third-order valence-electron chi connectivity index (χ3n) is 4.42. The van der Waals surface area contributed by atoms with Gasteiger partial charge in [-0.2, -0.15) is 0 Å². The minimum Gasteiger partial charge on any atom is -0.462 e. The fourth-order valence-corrected chi connectivity index (χ4v) is 3.28. The number of rotatable bonds is 3. The molecule has 1 heterocycles. The van der Waals surface area contributed by atoms with Gasteiger partial charge in [0, 0.05) is 24.7 Å². The van der Waals surface area contributed by atoms with Crippen molar-refractivity contribution in [2.24, 2.45) is 11.7 Å². The van der Waals surface area contributed by atoms with E-state index in [0.717, 1.165) is 17.7 Å². The lowest BCUT2D eigenvalue weighted by atomic mass is 9.81. The number of esters is 1. The predicted molar refractivity (Wildman–Crippen MR) is 85.7 cm³/mol. The normalized spacial score (nSPS) is 23.9. The summed E-state index contributed by atoms with van der Waals surface area (Å²) in [5, 5.41) is 0. The topological polar surface area (TPSA) is 72.6 Å². The molecule has 0 aromatic heterocycles. The molecule has 5 heteroatoms. The second-order valence-corrected chi connectivity index (χ2v) is 5.74. The van der Waals surface area contributed by atoms with E-state index in [9.17, 15) is 9.59 Å². The Labute approximate surface area is 131 Å². The molecular weight excluding hydrogens is 280 g/mol. The van der Waals surface area contributed by atoms with E-state index in [1.807, 2.05) is 0 Å². The number of carbonyl (C=O) groups is 2. The molecule has 0 bridgehead atoms. The average molecular weight is 304 g/mol. The van der Waals surface area contributed by atoms with Crippen LogP contribution in [0.4, 0.5) is 5.69 Å². The standard InChI is InChI=1S/C17H24N2O3/c1-5-14-10(3)16(18)13-9-12(17(21)22-6-2)7-8-15(13)19(14)11(4)20/h7-10,14,16H,5-6,18H2,1-4H3/t10-,14-,16+/m0/s1. The summed E-state index contributed by atoms with van der Waals surface area (Å²) in [7, 11) is 0. The Morgan fingerprint density at radius 3 is 2.55 bits per heavy atom. The lowest BCUT2D eigenvalue weighted by Crippen LogP contribution is -2.50. The van der Waals surface area contributed by atoms with E-state index in [-0.39, 0.29) is 29.9 Å². The van der Waals surface area contributed by atoms with Crippen molar-refractivity contribution in [3.05, 3.63) is 29.3 Å². The largest absolute Gasteiger partial charge is 0.462 e. The minimum atomic E-state index is -0.364. The molecule has 1 aliphatic heterocycles. The van der Waals surface area contributed by atoms with Crippen molar-refractivity contribution in [2.75, 3.05) is 11.5 Å². The number of hydrogen-bond acceptors (Lipinski definition) is 4. The lowest BCUT2D eigenvalue weighted by Gasteiger charge is -2.43. The molecule has 0 saturated heterocycles. The van der Waals surface area contributed by atoms with E-state index in [1.165, 1.54) is 0 Å². The summed E-state index contributed by atoms with van der Waals surface area (Å²) < 4.78 is 5.04. The highest BCUT2D eigenvalue weighted by Crippen LogP contribution is 2.41. The number of benzene rings is 1. The fraction of sp³-hybridized carbons (Fsp3) is 0.529. The van der Waals surface area contributed by atoms with Gasteiger partial charge in [-0.15, -0.1) is 0 Å². The van der Waals surface area contributed by atoms with Crippen LogP contribution in [-0.4, -0.2) is 24.5 Å². The molecule has 0 unspecified atom stereocenters. The first-order chi connectivity index (χ1) is 10.4. The summed E-state index contributed by atoms with van der Waals surface area (Å²) in [6.07, 6.45) is 0.841. The van der Waals surface area contributed by atoms with E-state index >= 15 is 0 Å². The molecule has 1 aliphatic rings. The highest BCUT2D eigenvalue weighted by molar-refractivity contribution is 5.96. The second kappa shape index (κ2) is 6.48. The molecule has 0 spiro atoms. The van der Waals surface area contributed by atoms with Crippen molar-refractivity contribution in [1.29, 1.82) is 0 Å². The van der Waals surface area contributed by atoms with Gasteiger partial charge >= 0.3 is 5.97 Å². The predicted octanol–water partition coefficient (Wildman–Crippen LogP) is 2.64. The molecule has 2 rings (SSSR count). The molecule has 120 valence electrons. The van der Waals surface area contributed by atoms with E-state index in [1.54, 1.807) is 36.9 Å². The number of carbonyl (C=O) groups excluding carboxylic acids is 2. The number of nitrogens with zero attached hydrogens (tertiary/aromatic N) is 1. The fourth-order valence-electron chi connectivity index (χ4n) is 3.28. The Kier molecular flexibility index (Phi) is 4.86. The van der Waals surface area contributed by atoms with Gasteiger partial charge in [-0.1, -0.05) is 13.8 Å². The smallest absolute Gasteiger partial charge is 0.338 e. The van der Waals surface area contributed by atoms with Crippen LogP contribution in [0.2, 0.25) is 0 Å². The molecule has 1 amide bonds. The van der Waals surface area contributed by atoms with Crippen molar-refractivity contribution in [1.82, 2.24) is 0 Å². The average Bonchev–Trinajstić information content (AvgIpc) is 2.50. The number of nitrogens with two attached hydrogens (primary N) is 1. The Balaban J connectivity index is 2.52. The third kappa shape index (κ3) is 2.73. The summed E-state index contributed by atoms with van der Waals surface area (Å²) in [5.41, 5.74) is 8.48. The zero-order valence-corrected chi connectivity index (χ0v) is 13.6. The summed E-state index contributed by atoms with van der Waals surface area (Å²) in [4.78, 5) is 25.8. The van der Waals surface area contributed by atoms with Crippen LogP contribution in [0.5, 0.6) is 0 Å². The molecule has 0 fully saturated rings. The van der Waals surface area contributed by atoms with Crippen molar-refractivity contribution in [2.45, 2.75) is 46.2 Å². The Hall–Kier alpha value is -1.88. The summed E-state index contributed by atoms with van der Waals surface area (Å²) in [6.45, 7) is 7.77. The maximum Gasteiger partial charge on any atom is 0.338 e. The maximum atomic E-state index is 12.1. The monoisotopic (exact) mass is 304 g/mol. The highest BCUT2D eigenvalue weighted by atomic mass is 16.5. The molecule has 0 aliphatic carbocycles. The molecular formula is C17H24N2O3. The minimum absolute atomic E-state index is 0.00395. The quantitative estimate of drug-likeness (QED) is 0.871. The molecule has 2 N–H and O–H groups in total. The molecule has 1 aromatic rings. The zero-order chi connectivity index (χ0) is 16.4. The van der Waals surface area contributed by atoms with E-state index in [2.05, 4.69) is 13.8 Å². The van der Waals surface area contributed by atoms with Crippen molar-refractivity contribution < 1.29 is 14.3 Å².